The highest BCUT2D eigenvalue weighted by Crippen LogP contribution is 2.77. The number of rotatable bonds is 3. The Morgan fingerprint density at radius 3 is 2.23 bits per heavy atom. The smallest absolute Gasteiger partial charge is 0.170 e. The van der Waals surface area contributed by atoms with Gasteiger partial charge in [0.1, 0.15) is 12.2 Å². The molecule has 198 valence electrons. The first-order valence-corrected chi connectivity index (χ1v) is 14.2. The second kappa shape index (κ2) is 7.14. The van der Waals surface area contributed by atoms with Gasteiger partial charge in [-0.15, -0.1) is 0 Å². The van der Waals surface area contributed by atoms with Crippen LogP contribution in [0.1, 0.15) is 93.4 Å². The monoisotopic (exact) mass is 488 g/mol. The summed E-state index contributed by atoms with van der Waals surface area (Å²) in [7, 11) is 0. The van der Waals surface area contributed by atoms with Crippen LogP contribution in [0.15, 0.2) is 11.6 Å². The number of hydrogen-bond acceptors (Lipinski definition) is 5. The lowest BCUT2D eigenvalue weighted by Crippen LogP contribution is -2.75. The van der Waals surface area contributed by atoms with Crippen molar-refractivity contribution in [2.45, 2.75) is 123 Å². The van der Waals surface area contributed by atoms with Crippen molar-refractivity contribution in [1.82, 2.24) is 0 Å². The molecule has 0 aromatic carbocycles. The summed E-state index contributed by atoms with van der Waals surface area (Å²) in [6.45, 7) is 16.2. The molecular weight excluding hydrogens is 440 g/mol. The van der Waals surface area contributed by atoms with E-state index in [-0.39, 0.29) is 45.4 Å². The van der Waals surface area contributed by atoms with E-state index >= 15 is 0 Å². The van der Waals surface area contributed by atoms with Crippen molar-refractivity contribution in [2.24, 2.45) is 45.3 Å². The van der Waals surface area contributed by atoms with Crippen molar-refractivity contribution in [3.05, 3.63) is 11.6 Å². The highest BCUT2D eigenvalue weighted by atomic mass is 16.6. The van der Waals surface area contributed by atoms with Gasteiger partial charge in [0.05, 0.1) is 18.3 Å². The molecule has 0 radical (unpaired) electrons. The first-order valence-electron chi connectivity index (χ1n) is 14.2. The normalized spacial score (nSPS) is 56.7. The number of aliphatic hydroxyl groups excluding tert-OH is 2. The summed E-state index contributed by atoms with van der Waals surface area (Å²) in [6.07, 6.45) is 7.99. The maximum absolute atomic E-state index is 12.0. The fourth-order valence-corrected chi connectivity index (χ4v) is 11.0. The van der Waals surface area contributed by atoms with E-state index in [2.05, 4.69) is 34.6 Å². The van der Waals surface area contributed by atoms with Gasteiger partial charge in [0.25, 0.3) is 0 Å². The second-order valence-corrected chi connectivity index (χ2v) is 15.0. The van der Waals surface area contributed by atoms with Gasteiger partial charge in [-0.2, -0.15) is 0 Å². The van der Waals surface area contributed by atoms with E-state index in [1.807, 2.05) is 19.9 Å². The standard InChI is InChI=1S/C30H48O5/c1-17(14-21(32)24-26(4,5)35-24)18-8-10-27(6)19(18)15-20(31)23-28(27,7)11-9-22-25(2,3)30(33)13-12-29(22,23)16-34-30/h14,18-24,31-33H,8-13,15-16H2,1-7H3/b17-14+/t18-,19?,20-,21+,22?,23?,24?,27-,28-,29-,30-/m1/s1. The first kappa shape index (κ1) is 24.9. The summed E-state index contributed by atoms with van der Waals surface area (Å²) >= 11 is 0. The minimum Gasteiger partial charge on any atom is -0.393 e. The highest BCUT2D eigenvalue weighted by molar-refractivity contribution is 5.25. The lowest BCUT2D eigenvalue weighted by Gasteiger charge is -2.74. The zero-order valence-corrected chi connectivity index (χ0v) is 22.9. The third-order valence-corrected chi connectivity index (χ3v) is 13.2. The van der Waals surface area contributed by atoms with Gasteiger partial charge in [0, 0.05) is 17.3 Å². The predicted molar refractivity (Wildman–Crippen MR) is 134 cm³/mol. The number of ether oxygens (including phenoxy) is 2. The van der Waals surface area contributed by atoms with Gasteiger partial charge in [-0.25, -0.2) is 0 Å². The molecule has 7 fully saturated rings. The Hall–Kier alpha value is -0.460. The van der Waals surface area contributed by atoms with Crippen molar-refractivity contribution < 1.29 is 24.8 Å². The first-order chi connectivity index (χ1) is 16.1. The fourth-order valence-electron chi connectivity index (χ4n) is 11.0. The van der Waals surface area contributed by atoms with E-state index in [9.17, 15) is 15.3 Å². The third-order valence-electron chi connectivity index (χ3n) is 13.2. The van der Waals surface area contributed by atoms with E-state index in [4.69, 9.17) is 9.47 Å². The lowest BCUT2D eigenvalue weighted by atomic mass is 9.33. The Morgan fingerprint density at radius 1 is 0.971 bits per heavy atom. The molecule has 4 saturated carbocycles. The lowest BCUT2D eigenvalue weighted by molar-refractivity contribution is -0.404. The van der Waals surface area contributed by atoms with Crippen LogP contribution in [-0.4, -0.2) is 51.6 Å². The van der Waals surface area contributed by atoms with Gasteiger partial charge in [-0.3, -0.25) is 0 Å². The van der Waals surface area contributed by atoms with Crippen molar-refractivity contribution in [3.8, 4) is 0 Å². The van der Waals surface area contributed by atoms with E-state index in [1.165, 1.54) is 12.0 Å². The third kappa shape index (κ3) is 2.94. The topological polar surface area (TPSA) is 82.5 Å². The SMILES string of the molecule is C/C(=C\[C@H](O)C1OC1(C)C)[C@H]1CC[C@]2(C)C1C[C@@H](O)C1[C@]34CC[C@@](O)(OC3)C(C)(C)C4CC[C@]12C. The second-order valence-electron chi connectivity index (χ2n) is 15.0. The average Bonchev–Trinajstić information content (AvgIpc) is 3.27. The van der Waals surface area contributed by atoms with Crippen LogP contribution < -0.4 is 0 Å². The van der Waals surface area contributed by atoms with E-state index < -0.39 is 11.9 Å². The predicted octanol–water partition coefficient (Wildman–Crippen LogP) is 4.83. The van der Waals surface area contributed by atoms with Crippen LogP contribution in [0, 0.1) is 45.3 Å². The van der Waals surface area contributed by atoms with Crippen molar-refractivity contribution in [3.63, 3.8) is 0 Å². The maximum atomic E-state index is 12.0. The minimum absolute atomic E-state index is 0.0350. The molecule has 4 aliphatic carbocycles. The Labute approximate surface area is 211 Å². The molecule has 5 nitrogen and oxygen atoms in total. The van der Waals surface area contributed by atoms with Crippen LogP contribution in [0.25, 0.3) is 0 Å². The molecule has 0 aromatic heterocycles. The molecule has 3 aliphatic heterocycles. The van der Waals surface area contributed by atoms with Crippen LogP contribution in [-0.2, 0) is 9.47 Å². The minimum atomic E-state index is -1.03. The van der Waals surface area contributed by atoms with Crippen LogP contribution in [0.4, 0.5) is 0 Å². The molecule has 4 unspecified atom stereocenters. The Kier molecular flexibility index (Phi) is 5.07. The summed E-state index contributed by atoms with van der Waals surface area (Å²) in [5.74, 6) is 0.371. The number of fused-ring (bicyclic) bond motifs is 5. The molecule has 7 aliphatic rings. The number of allylic oxidation sites excluding steroid dienone is 1. The molecule has 5 heteroatoms. The summed E-state index contributed by atoms with van der Waals surface area (Å²) in [6, 6.07) is 0. The Morgan fingerprint density at radius 2 is 1.63 bits per heavy atom. The van der Waals surface area contributed by atoms with Crippen LogP contribution in [0.2, 0.25) is 0 Å². The molecule has 7 rings (SSSR count). The van der Waals surface area contributed by atoms with E-state index in [1.54, 1.807) is 0 Å². The average molecular weight is 489 g/mol. The summed E-state index contributed by atoms with van der Waals surface area (Å²) in [5, 5.41) is 34.1. The number of epoxide rings is 1. The van der Waals surface area contributed by atoms with Crippen LogP contribution in [0.3, 0.4) is 0 Å². The van der Waals surface area contributed by atoms with Gasteiger partial charge in [-0.05, 0) is 93.8 Å². The maximum Gasteiger partial charge on any atom is 0.170 e. The zero-order valence-electron chi connectivity index (χ0n) is 22.9. The largest absolute Gasteiger partial charge is 0.393 e. The summed E-state index contributed by atoms with van der Waals surface area (Å²) < 4.78 is 12.0. The Balaban J connectivity index is 1.33. The quantitative estimate of drug-likeness (QED) is 0.392. The molecule has 11 atom stereocenters. The molecule has 1 spiro atoms. The molecule has 0 amide bonds. The summed E-state index contributed by atoms with van der Waals surface area (Å²) in [5.41, 5.74) is 0.863. The van der Waals surface area contributed by atoms with Gasteiger partial charge in [0.15, 0.2) is 5.79 Å². The van der Waals surface area contributed by atoms with Crippen molar-refractivity contribution in [2.75, 3.05) is 6.61 Å². The fraction of sp³-hybridized carbons (Fsp3) is 0.933. The van der Waals surface area contributed by atoms with Gasteiger partial charge >= 0.3 is 0 Å². The molecule has 0 aromatic rings. The number of hydrogen-bond donors (Lipinski definition) is 3. The van der Waals surface area contributed by atoms with Crippen molar-refractivity contribution >= 4 is 0 Å². The molecule has 2 bridgehead atoms. The molecular formula is C30H48O5. The number of aliphatic hydroxyl groups is 3. The van der Waals surface area contributed by atoms with Crippen LogP contribution in [0.5, 0.6) is 0 Å². The zero-order chi connectivity index (χ0) is 25.4. The van der Waals surface area contributed by atoms with Gasteiger partial charge in [-0.1, -0.05) is 39.3 Å². The molecule has 3 saturated heterocycles. The molecule has 3 N–H and O–H groups in total. The van der Waals surface area contributed by atoms with Gasteiger partial charge < -0.3 is 24.8 Å². The Bertz CT molecular complexity index is 929. The molecule has 35 heavy (non-hydrogen) atoms. The van der Waals surface area contributed by atoms with E-state index in [0.717, 1.165) is 32.1 Å². The van der Waals surface area contributed by atoms with Crippen LogP contribution >= 0.6 is 0 Å². The molecule has 3 heterocycles. The highest BCUT2D eigenvalue weighted by Gasteiger charge is 2.76. The van der Waals surface area contributed by atoms with E-state index in [0.29, 0.717) is 30.8 Å². The summed E-state index contributed by atoms with van der Waals surface area (Å²) in [4.78, 5) is 0. The van der Waals surface area contributed by atoms with Crippen molar-refractivity contribution in [1.29, 1.82) is 0 Å². The van der Waals surface area contributed by atoms with Gasteiger partial charge in [0.2, 0.25) is 0 Å².